The lowest BCUT2D eigenvalue weighted by Crippen LogP contribution is -2.40. The molecule has 1 saturated heterocycles. The van der Waals surface area contributed by atoms with Crippen molar-refractivity contribution in [2.24, 2.45) is 4.99 Å². The summed E-state index contributed by atoms with van der Waals surface area (Å²) in [7, 11) is 0. The Labute approximate surface area is 141 Å². The Balaban J connectivity index is 0.00000200. The monoisotopic (exact) mass is 410 g/mol. The highest BCUT2D eigenvalue weighted by Gasteiger charge is 2.22. The van der Waals surface area contributed by atoms with Crippen molar-refractivity contribution in [1.82, 2.24) is 15.2 Å². The van der Waals surface area contributed by atoms with Gasteiger partial charge in [0, 0.05) is 43.7 Å². The van der Waals surface area contributed by atoms with E-state index >= 15 is 0 Å². The molecule has 1 aromatic rings. The molecule has 1 aromatic heterocycles. The molecule has 0 aliphatic carbocycles. The van der Waals surface area contributed by atoms with E-state index in [0.717, 1.165) is 43.4 Å². The van der Waals surface area contributed by atoms with Crippen LogP contribution in [0.1, 0.15) is 23.2 Å². The van der Waals surface area contributed by atoms with E-state index in [1.807, 2.05) is 6.20 Å². The number of nitrogens with one attached hydrogen (secondary N) is 1. The number of nitrogens with zero attached hydrogens (tertiary/aromatic N) is 3. The molecule has 2 N–H and O–H groups in total. The number of guanidine groups is 1. The second-order valence-electron chi connectivity index (χ2n) is 4.74. The Morgan fingerprint density at radius 3 is 3.00 bits per heavy atom. The van der Waals surface area contributed by atoms with Crippen LogP contribution in [0.2, 0.25) is 0 Å². The highest BCUT2D eigenvalue weighted by atomic mass is 127. The minimum atomic E-state index is -0.217. The molecule has 0 aromatic carbocycles. The van der Waals surface area contributed by atoms with Gasteiger partial charge in [-0.2, -0.15) is 0 Å². The van der Waals surface area contributed by atoms with E-state index in [4.69, 9.17) is 0 Å². The molecule has 1 atom stereocenters. The number of likely N-dealkylation sites (tertiary alicyclic amines) is 1. The van der Waals surface area contributed by atoms with Crippen molar-refractivity contribution in [2.45, 2.75) is 32.8 Å². The van der Waals surface area contributed by atoms with Crippen molar-refractivity contribution in [3.8, 4) is 0 Å². The molecule has 1 aliphatic rings. The van der Waals surface area contributed by atoms with E-state index in [-0.39, 0.29) is 30.1 Å². The van der Waals surface area contributed by atoms with Gasteiger partial charge in [-0.1, -0.05) is 0 Å². The lowest BCUT2D eigenvalue weighted by Gasteiger charge is -2.20. The molecule has 7 heteroatoms. The van der Waals surface area contributed by atoms with Gasteiger partial charge in [-0.3, -0.25) is 4.99 Å². The van der Waals surface area contributed by atoms with Gasteiger partial charge in [0.2, 0.25) is 0 Å². The summed E-state index contributed by atoms with van der Waals surface area (Å²) in [6, 6.07) is 0. The molecule has 1 fully saturated rings. The molecule has 0 bridgehead atoms. The van der Waals surface area contributed by atoms with E-state index in [9.17, 15) is 5.11 Å². The Morgan fingerprint density at radius 2 is 2.45 bits per heavy atom. The maximum atomic E-state index is 9.59. The first-order valence-electron chi connectivity index (χ1n) is 6.81. The van der Waals surface area contributed by atoms with Gasteiger partial charge in [-0.05, 0) is 20.3 Å². The van der Waals surface area contributed by atoms with Crippen LogP contribution in [0, 0.1) is 6.92 Å². The van der Waals surface area contributed by atoms with E-state index in [1.165, 1.54) is 4.88 Å². The summed E-state index contributed by atoms with van der Waals surface area (Å²) in [6.45, 7) is 7.28. The number of halogens is 1. The van der Waals surface area contributed by atoms with Crippen LogP contribution < -0.4 is 5.32 Å². The Morgan fingerprint density at radius 1 is 1.65 bits per heavy atom. The predicted octanol–water partition coefficient (Wildman–Crippen LogP) is 1.64. The third kappa shape index (κ3) is 5.17. The van der Waals surface area contributed by atoms with Crippen LogP contribution in [0.3, 0.4) is 0 Å². The lowest BCUT2D eigenvalue weighted by atomic mass is 10.3. The second kappa shape index (κ2) is 8.78. The van der Waals surface area contributed by atoms with Crippen LogP contribution in [-0.2, 0) is 6.42 Å². The minimum absolute atomic E-state index is 0. The Bertz CT molecular complexity index is 438. The largest absolute Gasteiger partial charge is 0.391 e. The van der Waals surface area contributed by atoms with Gasteiger partial charge in [0.05, 0.1) is 11.1 Å². The Kier molecular flexibility index (Phi) is 7.75. The second-order valence-corrected chi connectivity index (χ2v) is 6.06. The topological polar surface area (TPSA) is 60.8 Å². The van der Waals surface area contributed by atoms with Crippen molar-refractivity contribution in [3.05, 3.63) is 16.1 Å². The molecule has 20 heavy (non-hydrogen) atoms. The van der Waals surface area contributed by atoms with Crippen molar-refractivity contribution in [2.75, 3.05) is 26.2 Å². The van der Waals surface area contributed by atoms with Crippen LogP contribution in [-0.4, -0.2) is 53.2 Å². The third-order valence-corrected chi connectivity index (χ3v) is 4.03. The number of aliphatic hydroxyl groups excluding tert-OH is 1. The summed E-state index contributed by atoms with van der Waals surface area (Å²) in [6.07, 6.45) is 3.40. The molecule has 114 valence electrons. The van der Waals surface area contributed by atoms with E-state index < -0.39 is 0 Å². The smallest absolute Gasteiger partial charge is 0.194 e. The van der Waals surface area contributed by atoms with Crippen LogP contribution in [0.4, 0.5) is 0 Å². The maximum Gasteiger partial charge on any atom is 0.194 e. The highest BCUT2D eigenvalue weighted by Crippen LogP contribution is 2.12. The zero-order valence-corrected chi connectivity index (χ0v) is 15.1. The van der Waals surface area contributed by atoms with Gasteiger partial charge in [0.15, 0.2) is 5.96 Å². The van der Waals surface area contributed by atoms with E-state index in [1.54, 1.807) is 11.3 Å². The van der Waals surface area contributed by atoms with Crippen LogP contribution in [0.25, 0.3) is 0 Å². The molecule has 0 spiro atoms. The summed E-state index contributed by atoms with van der Waals surface area (Å²) in [4.78, 5) is 12.3. The molecule has 0 unspecified atom stereocenters. The number of aliphatic imine (C=N–C) groups is 1. The number of rotatable bonds is 4. The van der Waals surface area contributed by atoms with Gasteiger partial charge in [0.1, 0.15) is 0 Å². The number of β-amino-alcohol motifs (C(OH)–C–C–N with tert-alkyl or cyclic N) is 1. The highest BCUT2D eigenvalue weighted by molar-refractivity contribution is 14.0. The maximum absolute atomic E-state index is 9.59. The summed E-state index contributed by atoms with van der Waals surface area (Å²) < 4.78 is 0. The van der Waals surface area contributed by atoms with Gasteiger partial charge >= 0.3 is 0 Å². The van der Waals surface area contributed by atoms with Crippen LogP contribution in [0.5, 0.6) is 0 Å². The normalized spacial score (nSPS) is 19.1. The standard InChI is InChI=1S/C13H22N4OS.HI/c1-3-14-13(17-7-5-11(18)9-17)15-6-4-12-16-8-10(2)19-12;/h8,11,18H,3-7,9H2,1-2H3,(H,14,15);1H/t11-;/m1./s1. The van der Waals surface area contributed by atoms with Gasteiger partial charge < -0.3 is 15.3 Å². The molecule has 0 saturated carbocycles. The van der Waals surface area contributed by atoms with Crippen LogP contribution in [0.15, 0.2) is 11.2 Å². The fraction of sp³-hybridized carbons (Fsp3) is 0.692. The first kappa shape index (κ1) is 17.6. The molecule has 0 amide bonds. The van der Waals surface area contributed by atoms with E-state index in [2.05, 4.69) is 34.0 Å². The van der Waals surface area contributed by atoms with Crippen molar-refractivity contribution < 1.29 is 5.11 Å². The third-order valence-electron chi connectivity index (χ3n) is 3.05. The number of hydrogen-bond donors (Lipinski definition) is 2. The minimum Gasteiger partial charge on any atom is -0.391 e. The summed E-state index contributed by atoms with van der Waals surface area (Å²) in [5.74, 6) is 0.910. The zero-order chi connectivity index (χ0) is 13.7. The summed E-state index contributed by atoms with van der Waals surface area (Å²) in [5.41, 5.74) is 0. The van der Waals surface area contributed by atoms with E-state index in [0.29, 0.717) is 6.54 Å². The van der Waals surface area contributed by atoms with Gasteiger partial charge in [0.25, 0.3) is 0 Å². The SMILES string of the molecule is CCNC(=NCCc1ncc(C)s1)N1CC[C@@H](O)C1.I. The molecular weight excluding hydrogens is 387 g/mol. The average Bonchev–Trinajstić information content (AvgIpc) is 2.97. The Hall–Kier alpha value is -0.410. The number of aromatic nitrogens is 1. The number of aliphatic hydroxyl groups is 1. The molecule has 2 heterocycles. The number of thiazole rings is 1. The number of aryl methyl sites for hydroxylation is 1. The molecule has 5 nitrogen and oxygen atoms in total. The molecular formula is C13H23IN4OS. The van der Waals surface area contributed by atoms with Gasteiger partial charge in [-0.25, -0.2) is 4.98 Å². The first-order chi connectivity index (χ1) is 9.19. The quantitative estimate of drug-likeness (QED) is 0.450. The molecule has 0 radical (unpaired) electrons. The first-order valence-corrected chi connectivity index (χ1v) is 7.63. The average molecular weight is 410 g/mol. The fourth-order valence-electron chi connectivity index (χ4n) is 2.13. The summed E-state index contributed by atoms with van der Waals surface area (Å²) >= 11 is 1.73. The number of hydrogen-bond acceptors (Lipinski definition) is 4. The molecule has 1 aliphatic heterocycles. The summed E-state index contributed by atoms with van der Waals surface area (Å²) in [5, 5.41) is 14.0. The zero-order valence-electron chi connectivity index (χ0n) is 12.0. The van der Waals surface area contributed by atoms with Crippen molar-refractivity contribution in [3.63, 3.8) is 0 Å². The van der Waals surface area contributed by atoms with Crippen molar-refractivity contribution >= 4 is 41.3 Å². The predicted molar refractivity (Wildman–Crippen MR) is 94.1 cm³/mol. The van der Waals surface area contributed by atoms with Crippen LogP contribution >= 0.6 is 35.3 Å². The van der Waals surface area contributed by atoms with Gasteiger partial charge in [-0.15, -0.1) is 35.3 Å². The fourth-order valence-corrected chi connectivity index (χ4v) is 2.91. The molecule has 2 rings (SSSR count). The van der Waals surface area contributed by atoms with Crippen molar-refractivity contribution in [1.29, 1.82) is 0 Å². The lowest BCUT2D eigenvalue weighted by molar-refractivity contribution is 0.188.